The fraction of sp³-hybridized carbons (Fsp3) is 0.444. The Labute approximate surface area is 271 Å². The Kier molecular flexibility index (Phi) is 9.13. The molecule has 5 rings (SSSR count). The fourth-order valence-corrected chi connectivity index (χ4v) is 6.16. The highest BCUT2D eigenvalue weighted by Gasteiger charge is 2.58. The number of carbonyl (C=O) groups excluding carboxylic acids is 2. The Morgan fingerprint density at radius 2 is 1.35 bits per heavy atom. The molecular weight excluding hydrogens is 586 g/mol. The Hall–Kier alpha value is -4.44. The highest BCUT2D eigenvalue weighted by molar-refractivity contribution is 5.89. The van der Waals surface area contributed by atoms with E-state index in [1.54, 1.807) is 6.07 Å². The normalized spacial score (nSPS) is 18.8. The minimum atomic E-state index is -0.662. The van der Waals surface area contributed by atoms with E-state index in [0.29, 0.717) is 49.1 Å². The summed E-state index contributed by atoms with van der Waals surface area (Å²) < 4.78 is 30.0. The molecule has 1 fully saturated rings. The second kappa shape index (κ2) is 12.7. The summed E-state index contributed by atoms with van der Waals surface area (Å²) in [6.45, 7) is 16.2. The number of amides is 2. The van der Waals surface area contributed by atoms with E-state index >= 15 is 0 Å². The maximum absolute atomic E-state index is 12.8. The molecule has 1 saturated heterocycles. The van der Waals surface area contributed by atoms with E-state index in [1.165, 1.54) is 0 Å². The van der Waals surface area contributed by atoms with Crippen molar-refractivity contribution in [1.29, 1.82) is 0 Å². The summed E-state index contributed by atoms with van der Waals surface area (Å²) in [6, 6.07) is 19.4. The zero-order valence-corrected chi connectivity index (χ0v) is 28.0. The first-order chi connectivity index (χ1) is 21.8. The number of benzene rings is 3. The second-order valence-electron chi connectivity index (χ2n) is 13.3. The number of fused-ring (bicyclic) bond motifs is 3. The predicted molar refractivity (Wildman–Crippen MR) is 179 cm³/mol. The van der Waals surface area contributed by atoms with Crippen LogP contribution in [0.25, 0.3) is 0 Å². The molecule has 2 aliphatic rings. The van der Waals surface area contributed by atoms with Gasteiger partial charge in [0, 0.05) is 22.6 Å². The third kappa shape index (κ3) is 6.72. The van der Waals surface area contributed by atoms with Crippen LogP contribution in [0.4, 0.5) is 32.3 Å². The van der Waals surface area contributed by atoms with Crippen LogP contribution in [0.2, 0.25) is 0 Å². The van der Waals surface area contributed by atoms with Gasteiger partial charge in [-0.05, 0) is 110 Å². The summed E-state index contributed by atoms with van der Waals surface area (Å²) in [5.41, 5.74) is 2.81. The van der Waals surface area contributed by atoms with Crippen molar-refractivity contribution in [2.45, 2.75) is 84.7 Å². The van der Waals surface area contributed by atoms with Crippen LogP contribution >= 0.6 is 0 Å². The van der Waals surface area contributed by atoms with Gasteiger partial charge in [0.15, 0.2) is 0 Å². The number of carbonyl (C=O) groups is 2. The van der Waals surface area contributed by atoms with Gasteiger partial charge < -0.3 is 28.6 Å². The van der Waals surface area contributed by atoms with E-state index in [2.05, 4.69) is 27.7 Å². The number of ether oxygens (including phenoxy) is 5. The van der Waals surface area contributed by atoms with Crippen LogP contribution in [-0.4, -0.2) is 49.4 Å². The molecule has 10 nitrogen and oxygen atoms in total. The van der Waals surface area contributed by atoms with Gasteiger partial charge in [0.1, 0.15) is 28.9 Å². The number of nitrogens with zero attached hydrogens (tertiary/aromatic N) is 1. The lowest BCUT2D eigenvalue weighted by molar-refractivity contribution is 0.0624. The average molecular weight is 632 g/mol. The van der Waals surface area contributed by atoms with Crippen LogP contribution in [0.15, 0.2) is 60.7 Å². The summed E-state index contributed by atoms with van der Waals surface area (Å²) in [4.78, 5) is 27.6. The molecule has 2 N–H and O–H groups in total. The number of rotatable bonds is 8. The van der Waals surface area contributed by atoms with Crippen molar-refractivity contribution in [3.05, 3.63) is 71.8 Å². The highest BCUT2D eigenvalue weighted by atomic mass is 16.6. The monoisotopic (exact) mass is 631 g/mol. The first kappa shape index (κ1) is 32.9. The van der Waals surface area contributed by atoms with Gasteiger partial charge in [0.05, 0.1) is 30.9 Å². The summed E-state index contributed by atoms with van der Waals surface area (Å²) in [5.74, 6) is 1.35. The summed E-state index contributed by atoms with van der Waals surface area (Å²) in [7, 11) is 0. The van der Waals surface area contributed by atoms with Crippen molar-refractivity contribution in [3.8, 4) is 11.5 Å². The first-order valence-electron chi connectivity index (χ1n) is 15.8. The quantitative estimate of drug-likeness (QED) is 0.255. The Bertz CT molecular complexity index is 1590. The maximum atomic E-state index is 12.8. The molecule has 246 valence electrons. The molecule has 0 aromatic heterocycles. The lowest BCUT2D eigenvalue weighted by Gasteiger charge is -2.35. The maximum Gasteiger partial charge on any atom is 0.412 e. The van der Waals surface area contributed by atoms with Crippen LogP contribution in [0.5, 0.6) is 11.5 Å². The van der Waals surface area contributed by atoms with E-state index in [1.807, 2.05) is 97.9 Å². The van der Waals surface area contributed by atoms with Crippen molar-refractivity contribution in [3.63, 3.8) is 0 Å². The number of hydrogen-bond acceptors (Lipinski definition) is 8. The van der Waals surface area contributed by atoms with Gasteiger partial charge in [-0.15, -0.1) is 0 Å². The van der Waals surface area contributed by atoms with Crippen molar-refractivity contribution >= 4 is 34.9 Å². The topological polar surface area (TPSA) is 108 Å². The van der Waals surface area contributed by atoms with Crippen molar-refractivity contribution in [2.24, 2.45) is 0 Å². The lowest BCUT2D eigenvalue weighted by atomic mass is 9.73. The fourth-order valence-electron chi connectivity index (χ4n) is 6.16. The summed E-state index contributed by atoms with van der Waals surface area (Å²) in [6.07, 6.45) is -0.909. The van der Waals surface area contributed by atoms with Crippen LogP contribution in [0.1, 0.15) is 72.9 Å². The van der Waals surface area contributed by atoms with E-state index in [9.17, 15) is 9.59 Å². The molecule has 3 aromatic carbocycles. The van der Waals surface area contributed by atoms with Gasteiger partial charge in [-0.3, -0.25) is 10.6 Å². The Morgan fingerprint density at radius 3 is 1.96 bits per heavy atom. The third-order valence-electron chi connectivity index (χ3n) is 7.64. The van der Waals surface area contributed by atoms with Crippen LogP contribution in [0.3, 0.4) is 0 Å². The van der Waals surface area contributed by atoms with E-state index in [4.69, 9.17) is 23.7 Å². The molecule has 0 bridgehead atoms. The standard InChI is InChI=1S/C36H45N3O7/c1-9-42-29-17-15-23(37-32(40)45-34(3,4)5)21-26(29)36-19-20-44-31(36)39(27-14-12-11-13-25(27)36)28-22-24(16-18-30(28)43-10-2)38-33(41)46-35(6,7)8/h11-18,21-22,31H,9-10,19-20H2,1-8H3,(H,37,40)(H,38,41)/t31?,36-/m1/s1. The van der Waals surface area contributed by atoms with E-state index in [-0.39, 0.29) is 0 Å². The predicted octanol–water partition coefficient (Wildman–Crippen LogP) is 8.36. The Morgan fingerprint density at radius 1 is 0.783 bits per heavy atom. The number of para-hydroxylation sites is 1. The second-order valence-corrected chi connectivity index (χ2v) is 13.3. The molecule has 0 saturated carbocycles. The number of anilines is 4. The smallest absolute Gasteiger partial charge is 0.412 e. The largest absolute Gasteiger partial charge is 0.494 e. The minimum absolute atomic E-state index is 0.449. The molecule has 2 aliphatic heterocycles. The van der Waals surface area contributed by atoms with E-state index in [0.717, 1.165) is 22.5 Å². The zero-order valence-electron chi connectivity index (χ0n) is 28.0. The molecule has 2 heterocycles. The van der Waals surface area contributed by atoms with E-state index < -0.39 is 35.0 Å². The third-order valence-corrected chi connectivity index (χ3v) is 7.64. The first-order valence-corrected chi connectivity index (χ1v) is 15.8. The zero-order chi connectivity index (χ0) is 33.3. The SMILES string of the molecule is CCOc1ccc(NC(=O)OC(C)(C)C)cc1N1c2ccccc2[C@@]2(c3cc(NC(=O)OC(C)(C)C)ccc3OCC)CCOC12. The molecule has 3 aromatic rings. The summed E-state index contributed by atoms with van der Waals surface area (Å²) >= 11 is 0. The molecule has 2 atom stereocenters. The van der Waals surface area contributed by atoms with Gasteiger partial charge in [0.2, 0.25) is 0 Å². The molecule has 0 radical (unpaired) electrons. The van der Waals surface area contributed by atoms with Gasteiger partial charge in [-0.2, -0.15) is 0 Å². The lowest BCUT2D eigenvalue weighted by Crippen LogP contribution is -2.41. The van der Waals surface area contributed by atoms with Crippen molar-refractivity contribution < 1.29 is 33.3 Å². The Balaban J connectivity index is 1.63. The minimum Gasteiger partial charge on any atom is -0.494 e. The molecular formula is C36H45N3O7. The van der Waals surface area contributed by atoms with Gasteiger partial charge >= 0.3 is 12.2 Å². The molecule has 10 heteroatoms. The van der Waals surface area contributed by atoms with Crippen LogP contribution in [-0.2, 0) is 19.6 Å². The molecule has 0 spiro atoms. The number of nitrogens with one attached hydrogen (secondary N) is 2. The van der Waals surface area contributed by atoms with Gasteiger partial charge in [0.25, 0.3) is 0 Å². The highest BCUT2D eigenvalue weighted by Crippen LogP contribution is 2.60. The molecule has 1 unspecified atom stereocenters. The number of hydrogen-bond donors (Lipinski definition) is 2. The molecule has 0 aliphatic carbocycles. The molecule has 46 heavy (non-hydrogen) atoms. The average Bonchev–Trinajstić information content (AvgIpc) is 3.50. The van der Waals surface area contributed by atoms with Crippen LogP contribution < -0.4 is 25.0 Å². The summed E-state index contributed by atoms with van der Waals surface area (Å²) in [5, 5.41) is 5.77. The molecule has 2 amide bonds. The van der Waals surface area contributed by atoms with Crippen LogP contribution in [0, 0.1) is 0 Å². The van der Waals surface area contributed by atoms with Gasteiger partial charge in [-0.25, -0.2) is 9.59 Å². The van der Waals surface area contributed by atoms with Gasteiger partial charge in [-0.1, -0.05) is 18.2 Å². The van der Waals surface area contributed by atoms with Crippen molar-refractivity contribution in [1.82, 2.24) is 0 Å². The van der Waals surface area contributed by atoms with Crippen molar-refractivity contribution in [2.75, 3.05) is 35.4 Å².